The number of aryl methyl sites for hydroxylation is 1. The molecule has 1 aliphatic heterocycles. The van der Waals surface area contributed by atoms with Gasteiger partial charge in [0.2, 0.25) is 0 Å². The summed E-state index contributed by atoms with van der Waals surface area (Å²) in [7, 11) is 1.89. The topological polar surface area (TPSA) is 120 Å². The van der Waals surface area contributed by atoms with E-state index >= 15 is 0 Å². The van der Waals surface area contributed by atoms with E-state index in [-0.39, 0.29) is 6.54 Å². The normalized spacial score (nSPS) is 24.7. The van der Waals surface area contributed by atoms with Gasteiger partial charge < -0.3 is 39.4 Å². The molecular weight excluding hydrogens is 414 g/mol. The van der Waals surface area contributed by atoms with Gasteiger partial charge in [-0.05, 0) is 31.4 Å². The third kappa shape index (κ3) is 6.91. The summed E-state index contributed by atoms with van der Waals surface area (Å²) in [6, 6.07) is 7.61. The van der Waals surface area contributed by atoms with Crippen molar-refractivity contribution >= 4 is 5.69 Å². The summed E-state index contributed by atoms with van der Waals surface area (Å²) in [4.78, 5) is 6.28. The van der Waals surface area contributed by atoms with Crippen LogP contribution in [0.1, 0.15) is 31.4 Å². The highest BCUT2D eigenvalue weighted by molar-refractivity contribution is 5.51. The Hall–Kier alpha value is -2.17. The van der Waals surface area contributed by atoms with Gasteiger partial charge in [-0.25, -0.2) is 4.98 Å². The fourth-order valence-corrected chi connectivity index (χ4v) is 3.84. The molecule has 0 unspecified atom stereocenters. The second-order valence-electron chi connectivity index (χ2n) is 8.31. The molecule has 2 bridgehead atoms. The van der Waals surface area contributed by atoms with Crippen LogP contribution < -0.4 is 9.64 Å². The second-order valence-corrected chi connectivity index (χ2v) is 8.31. The molecule has 0 amide bonds. The van der Waals surface area contributed by atoms with E-state index in [0.29, 0.717) is 19.8 Å². The molecule has 2 heterocycles. The lowest BCUT2D eigenvalue weighted by atomic mass is 10.0. The fraction of sp³-hybridized carbons (Fsp3) is 0.609. The lowest BCUT2D eigenvalue weighted by Gasteiger charge is -2.33. The lowest BCUT2D eigenvalue weighted by Crippen LogP contribution is -2.51. The third-order valence-electron chi connectivity index (χ3n) is 5.62. The number of aliphatic hydroxyl groups excluding tert-OH is 4. The lowest BCUT2D eigenvalue weighted by molar-refractivity contribution is -0.141. The van der Waals surface area contributed by atoms with Crippen LogP contribution in [-0.4, -0.2) is 80.8 Å². The maximum atomic E-state index is 10.9. The summed E-state index contributed by atoms with van der Waals surface area (Å²) in [5.74, 6) is 0.743. The highest BCUT2D eigenvalue weighted by Gasteiger charge is 2.34. The van der Waals surface area contributed by atoms with Gasteiger partial charge in [-0.3, -0.25) is 0 Å². The second kappa shape index (κ2) is 12.2. The number of nitrogens with zero attached hydrogens (tertiary/aromatic N) is 3. The number of hydrogen-bond acceptors (Lipinski definition) is 8. The van der Waals surface area contributed by atoms with Gasteiger partial charge in [-0.2, -0.15) is 0 Å². The fourth-order valence-electron chi connectivity index (χ4n) is 3.84. The summed E-state index contributed by atoms with van der Waals surface area (Å²) in [5, 5.41) is 41.3. The van der Waals surface area contributed by atoms with Crippen molar-refractivity contribution in [2.75, 3.05) is 31.3 Å². The van der Waals surface area contributed by atoms with Crippen LogP contribution in [0.5, 0.6) is 5.75 Å². The predicted octanol–water partition coefficient (Wildman–Crippen LogP) is 0.840. The summed E-state index contributed by atoms with van der Waals surface area (Å²) < 4.78 is 13.4. The average molecular weight is 450 g/mol. The number of anilines is 1. The van der Waals surface area contributed by atoms with Gasteiger partial charge in [0.05, 0.1) is 37.9 Å². The Labute approximate surface area is 188 Å². The standard InChI is InChI=1S/C23H35N3O6/c1-25-12-17(24-16-25)13-26-14-20(28)22(30)23(21(29)15-27)32-10-5-3-2-4-9-31-19-8-6-7-18(26)11-19/h6-8,11-12,16,20-23,27-30H,2-5,9-10,13-15H2,1H3/t20-,21-,22-,23-/m1/s1. The molecule has 4 atom stereocenters. The summed E-state index contributed by atoms with van der Waals surface area (Å²) in [6.45, 7) is 0.841. The van der Waals surface area contributed by atoms with Crippen LogP contribution in [0.25, 0.3) is 0 Å². The molecule has 1 aliphatic rings. The van der Waals surface area contributed by atoms with Crippen LogP contribution in [0.4, 0.5) is 5.69 Å². The van der Waals surface area contributed by atoms with Gasteiger partial charge in [0.1, 0.15) is 24.1 Å². The first-order chi connectivity index (χ1) is 15.5. The minimum atomic E-state index is -1.38. The molecule has 0 spiro atoms. The first kappa shape index (κ1) is 24.5. The van der Waals surface area contributed by atoms with Crippen LogP contribution in [-0.2, 0) is 18.3 Å². The zero-order valence-electron chi connectivity index (χ0n) is 18.6. The third-order valence-corrected chi connectivity index (χ3v) is 5.62. The Morgan fingerprint density at radius 2 is 1.94 bits per heavy atom. The van der Waals surface area contributed by atoms with Gasteiger partial charge in [0, 0.05) is 38.1 Å². The van der Waals surface area contributed by atoms with Crippen molar-refractivity contribution in [1.82, 2.24) is 9.55 Å². The number of aliphatic hydroxyl groups is 4. The van der Waals surface area contributed by atoms with Crippen LogP contribution in [0.3, 0.4) is 0 Å². The summed E-state index contributed by atoms with van der Waals surface area (Å²) in [6.07, 6.45) is 2.15. The van der Waals surface area contributed by atoms with Gasteiger partial charge in [0.15, 0.2) is 0 Å². The van der Waals surface area contributed by atoms with E-state index in [2.05, 4.69) is 4.98 Å². The highest BCUT2D eigenvalue weighted by Crippen LogP contribution is 2.24. The number of hydrogen-bond donors (Lipinski definition) is 4. The van der Waals surface area contributed by atoms with Crippen molar-refractivity contribution < 1.29 is 29.9 Å². The number of imidazole rings is 1. The largest absolute Gasteiger partial charge is 0.494 e. The molecule has 0 fully saturated rings. The van der Waals surface area contributed by atoms with Gasteiger partial charge in [-0.15, -0.1) is 0 Å². The SMILES string of the molecule is Cn1cnc(CN2C[C@@H](O)[C@@H](O)[C@@H]([C@H](O)CO)OCCCCCCOc3cccc2c3)c1. The Balaban J connectivity index is 1.86. The van der Waals surface area contributed by atoms with E-state index in [9.17, 15) is 20.4 Å². The Kier molecular flexibility index (Phi) is 9.31. The first-order valence-electron chi connectivity index (χ1n) is 11.2. The number of ether oxygens (including phenoxy) is 2. The molecule has 0 saturated heterocycles. The Morgan fingerprint density at radius 3 is 2.66 bits per heavy atom. The molecule has 178 valence electrons. The van der Waals surface area contributed by atoms with E-state index in [0.717, 1.165) is 42.8 Å². The van der Waals surface area contributed by atoms with E-state index in [1.165, 1.54) is 0 Å². The first-order valence-corrected chi connectivity index (χ1v) is 11.2. The number of rotatable bonds is 4. The van der Waals surface area contributed by atoms with Gasteiger partial charge in [0.25, 0.3) is 0 Å². The van der Waals surface area contributed by atoms with Gasteiger partial charge >= 0.3 is 0 Å². The number of benzene rings is 1. The molecule has 3 rings (SSSR count). The molecule has 0 radical (unpaired) electrons. The van der Waals surface area contributed by atoms with Crippen molar-refractivity contribution in [3.63, 3.8) is 0 Å². The molecule has 1 aromatic heterocycles. The predicted molar refractivity (Wildman–Crippen MR) is 120 cm³/mol. The Morgan fingerprint density at radius 1 is 1.16 bits per heavy atom. The molecule has 32 heavy (non-hydrogen) atoms. The number of β-amino-alcohol motifs (C(OH)–C–C–N with tert-alkyl or cyclic N) is 1. The Bertz CT molecular complexity index is 817. The molecule has 4 N–H and O–H groups in total. The van der Waals surface area contributed by atoms with E-state index < -0.39 is 31.0 Å². The van der Waals surface area contributed by atoms with Crippen molar-refractivity contribution in [3.8, 4) is 5.75 Å². The zero-order valence-corrected chi connectivity index (χ0v) is 18.6. The average Bonchev–Trinajstić information content (AvgIpc) is 3.20. The van der Waals surface area contributed by atoms with Crippen molar-refractivity contribution in [2.24, 2.45) is 7.05 Å². The minimum absolute atomic E-state index is 0.0687. The van der Waals surface area contributed by atoms with Crippen LogP contribution >= 0.6 is 0 Å². The van der Waals surface area contributed by atoms with Crippen LogP contribution in [0.15, 0.2) is 36.8 Å². The summed E-state index contributed by atoms with van der Waals surface area (Å²) in [5.41, 5.74) is 1.62. The van der Waals surface area contributed by atoms with Crippen molar-refractivity contribution in [1.29, 1.82) is 0 Å². The molecule has 0 saturated carbocycles. The van der Waals surface area contributed by atoms with Crippen molar-refractivity contribution in [2.45, 2.75) is 56.6 Å². The van der Waals surface area contributed by atoms with Crippen LogP contribution in [0, 0.1) is 0 Å². The summed E-state index contributed by atoms with van der Waals surface area (Å²) >= 11 is 0. The highest BCUT2D eigenvalue weighted by atomic mass is 16.5. The smallest absolute Gasteiger partial charge is 0.121 e. The molecule has 2 aromatic rings. The zero-order chi connectivity index (χ0) is 22.9. The molecule has 9 heteroatoms. The van der Waals surface area contributed by atoms with Crippen LogP contribution in [0.2, 0.25) is 0 Å². The quantitative estimate of drug-likeness (QED) is 0.542. The molecule has 1 aromatic carbocycles. The van der Waals surface area contributed by atoms with Gasteiger partial charge in [-0.1, -0.05) is 12.5 Å². The van der Waals surface area contributed by atoms with E-state index in [4.69, 9.17) is 9.47 Å². The number of fused-ring (bicyclic) bond motifs is 2. The monoisotopic (exact) mass is 449 g/mol. The van der Waals surface area contributed by atoms with Crippen molar-refractivity contribution in [3.05, 3.63) is 42.5 Å². The number of aromatic nitrogens is 2. The maximum absolute atomic E-state index is 10.9. The molecular formula is C23H35N3O6. The molecule has 9 nitrogen and oxygen atoms in total. The minimum Gasteiger partial charge on any atom is -0.494 e. The van der Waals surface area contributed by atoms with E-state index in [1.807, 2.05) is 47.0 Å². The maximum Gasteiger partial charge on any atom is 0.121 e. The van der Waals surface area contributed by atoms with E-state index in [1.54, 1.807) is 6.33 Å². The molecule has 0 aliphatic carbocycles.